The van der Waals surface area contributed by atoms with Gasteiger partial charge in [-0.3, -0.25) is 14.9 Å². The molecule has 4 N–H and O–H groups in total. The maximum atomic E-state index is 12.4. The van der Waals surface area contributed by atoms with Gasteiger partial charge in [0.25, 0.3) is 15.9 Å². The van der Waals surface area contributed by atoms with Gasteiger partial charge in [0.1, 0.15) is 5.75 Å². The van der Waals surface area contributed by atoms with Crippen molar-refractivity contribution in [1.29, 1.82) is 0 Å². The molecule has 7 nitrogen and oxygen atoms in total. The summed E-state index contributed by atoms with van der Waals surface area (Å²) in [5.41, 5.74) is 4.38. The second kappa shape index (κ2) is 7.33. The molecule has 0 aliphatic rings. The third-order valence-electron chi connectivity index (χ3n) is 3.14. The summed E-state index contributed by atoms with van der Waals surface area (Å²) in [4.78, 5) is 11.1. The monoisotopic (exact) mass is 349 g/mol. The molecule has 0 aromatic heterocycles. The standard InChI is InChI=1S/C16H19N3O4S/c1-11-7-12(2)9-13(8-11)19-24(21,22)15-5-3-14(4-6-15)23-10-16(20)18-17/h3-9,19H,10,17H2,1-2H3,(H,18,20). The lowest BCUT2D eigenvalue weighted by Crippen LogP contribution is -2.34. The number of anilines is 1. The SMILES string of the molecule is Cc1cc(C)cc(NS(=O)(=O)c2ccc(OCC(=O)NN)cc2)c1. The molecule has 1 amide bonds. The summed E-state index contributed by atoms with van der Waals surface area (Å²) >= 11 is 0. The van der Waals surface area contributed by atoms with Gasteiger partial charge in [-0.2, -0.15) is 0 Å². The van der Waals surface area contributed by atoms with Crippen LogP contribution in [0.2, 0.25) is 0 Å². The number of hydrogen-bond donors (Lipinski definition) is 3. The highest BCUT2D eigenvalue weighted by atomic mass is 32.2. The van der Waals surface area contributed by atoms with Crippen LogP contribution in [0, 0.1) is 13.8 Å². The molecule has 0 saturated heterocycles. The van der Waals surface area contributed by atoms with Gasteiger partial charge in [-0.1, -0.05) is 6.07 Å². The van der Waals surface area contributed by atoms with E-state index in [-0.39, 0.29) is 11.5 Å². The molecule has 2 aromatic carbocycles. The van der Waals surface area contributed by atoms with Crippen molar-refractivity contribution in [2.45, 2.75) is 18.7 Å². The molecule has 0 spiro atoms. The lowest BCUT2D eigenvalue weighted by Gasteiger charge is -2.11. The first kappa shape index (κ1) is 17.8. The summed E-state index contributed by atoms with van der Waals surface area (Å²) in [6, 6.07) is 11.2. The minimum Gasteiger partial charge on any atom is -0.484 e. The number of ether oxygens (including phenoxy) is 1. The summed E-state index contributed by atoms with van der Waals surface area (Å²) in [6.45, 7) is 3.55. The number of rotatable bonds is 6. The fraction of sp³-hybridized carbons (Fsp3) is 0.188. The number of hydrogen-bond acceptors (Lipinski definition) is 5. The van der Waals surface area contributed by atoms with Crippen LogP contribution in [0.25, 0.3) is 0 Å². The molecular formula is C16H19N3O4S. The zero-order chi connectivity index (χ0) is 17.7. The van der Waals surface area contributed by atoms with Gasteiger partial charge in [0.05, 0.1) is 4.90 Å². The van der Waals surface area contributed by atoms with Crippen molar-refractivity contribution in [2.75, 3.05) is 11.3 Å². The van der Waals surface area contributed by atoms with Gasteiger partial charge >= 0.3 is 0 Å². The molecule has 0 saturated carbocycles. The van der Waals surface area contributed by atoms with Crippen LogP contribution in [0.5, 0.6) is 5.75 Å². The molecule has 0 atom stereocenters. The van der Waals surface area contributed by atoms with Crippen LogP contribution < -0.4 is 20.7 Å². The van der Waals surface area contributed by atoms with Gasteiger partial charge in [0.15, 0.2) is 6.61 Å². The summed E-state index contributed by atoms with van der Waals surface area (Å²) in [5, 5.41) is 0. The molecular weight excluding hydrogens is 330 g/mol. The summed E-state index contributed by atoms with van der Waals surface area (Å²) in [5.74, 6) is 4.83. The molecule has 0 aliphatic carbocycles. The first-order valence-electron chi connectivity index (χ1n) is 7.13. The van der Waals surface area contributed by atoms with E-state index in [0.29, 0.717) is 11.4 Å². The van der Waals surface area contributed by atoms with Gasteiger partial charge in [-0.25, -0.2) is 14.3 Å². The van der Waals surface area contributed by atoms with E-state index in [9.17, 15) is 13.2 Å². The maximum Gasteiger partial charge on any atom is 0.271 e. The minimum atomic E-state index is -3.70. The summed E-state index contributed by atoms with van der Waals surface area (Å²) < 4.78 is 32.5. The highest BCUT2D eigenvalue weighted by Crippen LogP contribution is 2.21. The van der Waals surface area contributed by atoms with E-state index in [1.165, 1.54) is 24.3 Å². The number of nitrogens with one attached hydrogen (secondary N) is 2. The fourth-order valence-electron chi connectivity index (χ4n) is 2.15. The zero-order valence-corrected chi connectivity index (χ0v) is 14.2. The average Bonchev–Trinajstić information content (AvgIpc) is 2.51. The van der Waals surface area contributed by atoms with Gasteiger partial charge < -0.3 is 4.74 Å². The number of carbonyl (C=O) groups excluding carboxylic acids is 1. The van der Waals surface area contributed by atoms with Crippen LogP contribution in [0.15, 0.2) is 47.4 Å². The predicted octanol–water partition coefficient (Wildman–Crippen LogP) is 1.47. The number of nitrogens with two attached hydrogens (primary N) is 1. The smallest absolute Gasteiger partial charge is 0.271 e. The lowest BCUT2D eigenvalue weighted by atomic mass is 10.1. The summed E-state index contributed by atoms with van der Waals surface area (Å²) in [6.07, 6.45) is 0. The molecule has 0 radical (unpaired) electrons. The lowest BCUT2D eigenvalue weighted by molar-refractivity contribution is -0.123. The number of hydrazine groups is 1. The summed E-state index contributed by atoms with van der Waals surface area (Å²) in [7, 11) is -3.70. The Bertz CT molecular complexity index is 813. The third-order valence-corrected chi connectivity index (χ3v) is 4.54. The van der Waals surface area contributed by atoms with Crippen molar-refractivity contribution in [2.24, 2.45) is 5.84 Å². The van der Waals surface area contributed by atoms with Gasteiger partial charge in [0.2, 0.25) is 0 Å². The molecule has 0 unspecified atom stereocenters. The van der Waals surface area contributed by atoms with E-state index >= 15 is 0 Å². The van der Waals surface area contributed by atoms with Crippen LogP contribution in [0.3, 0.4) is 0 Å². The van der Waals surface area contributed by atoms with Crippen molar-refractivity contribution in [3.05, 3.63) is 53.6 Å². The first-order chi connectivity index (χ1) is 11.3. The van der Waals surface area contributed by atoms with E-state index in [4.69, 9.17) is 10.6 Å². The molecule has 0 fully saturated rings. The number of benzene rings is 2. The minimum absolute atomic E-state index is 0.0947. The Morgan fingerprint density at radius 3 is 2.21 bits per heavy atom. The molecule has 8 heteroatoms. The first-order valence-corrected chi connectivity index (χ1v) is 8.62. The topological polar surface area (TPSA) is 111 Å². The van der Waals surface area contributed by atoms with Crippen molar-refractivity contribution >= 4 is 21.6 Å². The van der Waals surface area contributed by atoms with E-state index in [2.05, 4.69) is 4.72 Å². The molecule has 0 bridgehead atoms. The Labute approximate surface area is 140 Å². The predicted molar refractivity (Wildman–Crippen MR) is 91.0 cm³/mol. The number of sulfonamides is 1. The third kappa shape index (κ3) is 4.71. The van der Waals surface area contributed by atoms with Crippen LogP contribution in [-0.2, 0) is 14.8 Å². The molecule has 2 rings (SSSR count). The molecule has 0 heterocycles. The van der Waals surface area contributed by atoms with E-state index in [0.717, 1.165) is 11.1 Å². The van der Waals surface area contributed by atoms with E-state index in [1.807, 2.05) is 25.3 Å². The van der Waals surface area contributed by atoms with Crippen LogP contribution in [0.1, 0.15) is 11.1 Å². The zero-order valence-electron chi connectivity index (χ0n) is 13.4. The second-order valence-corrected chi connectivity index (χ2v) is 6.99. The van der Waals surface area contributed by atoms with Gasteiger partial charge in [-0.05, 0) is 61.4 Å². The molecule has 128 valence electrons. The van der Waals surface area contributed by atoms with Crippen LogP contribution in [0.4, 0.5) is 5.69 Å². The highest BCUT2D eigenvalue weighted by molar-refractivity contribution is 7.92. The Morgan fingerprint density at radius 1 is 1.08 bits per heavy atom. The molecule has 0 aliphatic heterocycles. The normalized spacial score (nSPS) is 11.0. The van der Waals surface area contributed by atoms with Crippen molar-refractivity contribution in [1.82, 2.24) is 5.43 Å². The highest BCUT2D eigenvalue weighted by Gasteiger charge is 2.14. The Morgan fingerprint density at radius 2 is 1.67 bits per heavy atom. The van der Waals surface area contributed by atoms with Gasteiger partial charge in [0, 0.05) is 5.69 Å². The quantitative estimate of drug-likeness (QED) is 0.415. The molecule has 24 heavy (non-hydrogen) atoms. The van der Waals surface area contributed by atoms with E-state index in [1.54, 1.807) is 12.1 Å². The Hall–Kier alpha value is -2.58. The van der Waals surface area contributed by atoms with Crippen LogP contribution >= 0.6 is 0 Å². The Kier molecular flexibility index (Phi) is 5.42. The second-order valence-electron chi connectivity index (χ2n) is 5.31. The Balaban J connectivity index is 2.13. The fourth-order valence-corrected chi connectivity index (χ4v) is 3.19. The number of carbonyl (C=O) groups is 1. The van der Waals surface area contributed by atoms with E-state index < -0.39 is 15.9 Å². The number of amides is 1. The van der Waals surface area contributed by atoms with Gasteiger partial charge in [-0.15, -0.1) is 0 Å². The van der Waals surface area contributed by atoms with Crippen molar-refractivity contribution in [3.8, 4) is 5.75 Å². The van der Waals surface area contributed by atoms with Crippen molar-refractivity contribution < 1.29 is 17.9 Å². The average molecular weight is 349 g/mol. The van der Waals surface area contributed by atoms with Crippen LogP contribution in [-0.4, -0.2) is 20.9 Å². The molecule has 2 aromatic rings. The van der Waals surface area contributed by atoms with Crippen molar-refractivity contribution in [3.63, 3.8) is 0 Å². The number of aryl methyl sites for hydroxylation is 2. The maximum absolute atomic E-state index is 12.4. The largest absolute Gasteiger partial charge is 0.484 e.